The lowest BCUT2D eigenvalue weighted by Crippen LogP contribution is -2.55. The molecule has 0 unspecified atom stereocenters. The highest BCUT2D eigenvalue weighted by molar-refractivity contribution is 6.33. The quantitative estimate of drug-likeness (QED) is 0.802. The Morgan fingerprint density at radius 1 is 1.32 bits per heavy atom. The molecular formula is C15H21ClN4O2. The molecule has 1 atom stereocenters. The van der Waals surface area contributed by atoms with E-state index in [0.29, 0.717) is 31.3 Å². The van der Waals surface area contributed by atoms with Crippen molar-refractivity contribution in [1.29, 1.82) is 0 Å². The topological polar surface area (TPSA) is 48.9 Å². The van der Waals surface area contributed by atoms with E-state index in [1.165, 1.54) is 0 Å². The summed E-state index contributed by atoms with van der Waals surface area (Å²) in [4.78, 5) is 22.8. The number of morpholine rings is 1. The molecule has 7 heteroatoms. The standard InChI is InChI=1S/C15H21ClN4O2/c1-18-8-9-22-14(11-18)15(21)20-6-4-19(5-7-20)13-2-3-17-10-12(13)16/h2-3,10,14H,4-9,11H2,1H3/t14-/m0/s1. The zero-order valence-corrected chi connectivity index (χ0v) is 13.5. The minimum Gasteiger partial charge on any atom is -0.367 e. The number of likely N-dealkylation sites (N-methyl/N-ethyl adjacent to an activating group) is 1. The van der Waals surface area contributed by atoms with Crippen molar-refractivity contribution >= 4 is 23.2 Å². The number of nitrogens with zero attached hydrogens (tertiary/aromatic N) is 4. The van der Waals surface area contributed by atoms with Crippen LogP contribution in [0.15, 0.2) is 18.5 Å². The van der Waals surface area contributed by atoms with Gasteiger partial charge in [-0.3, -0.25) is 9.78 Å². The predicted molar refractivity (Wildman–Crippen MR) is 85.3 cm³/mol. The molecule has 6 nitrogen and oxygen atoms in total. The number of carbonyl (C=O) groups is 1. The van der Waals surface area contributed by atoms with Gasteiger partial charge in [-0.1, -0.05) is 11.6 Å². The molecular weight excluding hydrogens is 304 g/mol. The van der Waals surface area contributed by atoms with E-state index in [2.05, 4.69) is 14.8 Å². The zero-order chi connectivity index (χ0) is 15.5. The fourth-order valence-electron chi connectivity index (χ4n) is 2.92. The third-order valence-corrected chi connectivity index (χ3v) is 4.52. The maximum Gasteiger partial charge on any atom is 0.253 e. The SMILES string of the molecule is CN1CCO[C@H](C(=O)N2CCN(c3ccncc3Cl)CC2)C1. The fourth-order valence-corrected chi connectivity index (χ4v) is 3.16. The van der Waals surface area contributed by atoms with Crippen LogP contribution in [0, 0.1) is 0 Å². The Morgan fingerprint density at radius 2 is 2.09 bits per heavy atom. The highest BCUT2D eigenvalue weighted by atomic mass is 35.5. The molecule has 2 saturated heterocycles. The smallest absolute Gasteiger partial charge is 0.253 e. The second kappa shape index (κ2) is 6.81. The Hall–Kier alpha value is -1.37. The van der Waals surface area contributed by atoms with Crippen LogP contribution in [0.2, 0.25) is 5.02 Å². The average molecular weight is 325 g/mol. The number of hydrogen-bond acceptors (Lipinski definition) is 5. The second-order valence-corrected chi connectivity index (χ2v) is 6.17. The average Bonchev–Trinajstić information content (AvgIpc) is 2.55. The lowest BCUT2D eigenvalue weighted by molar-refractivity contribution is -0.149. The van der Waals surface area contributed by atoms with Crippen LogP contribution in [-0.2, 0) is 9.53 Å². The number of anilines is 1. The maximum atomic E-state index is 12.5. The van der Waals surface area contributed by atoms with Crippen molar-refractivity contribution in [2.24, 2.45) is 0 Å². The molecule has 1 aromatic heterocycles. The number of pyridine rings is 1. The van der Waals surface area contributed by atoms with E-state index in [9.17, 15) is 4.79 Å². The molecule has 2 aliphatic rings. The summed E-state index contributed by atoms with van der Waals surface area (Å²) in [5.74, 6) is 0.104. The molecule has 0 bridgehead atoms. The Labute approximate surface area is 135 Å². The van der Waals surface area contributed by atoms with E-state index in [1.807, 2.05) is 18.0 Å². The van der Waals surface area contributed by atoms with Crippen molar-refractivity contribution in [3.05, 3.63) is 23.5 Å². The van der Waals surface area contributed by atoms with Gasteiger partial charge in [-0.25, -0.2) is 0 Å². The summed E-state index contributed by atoms with van der Waals surface area (Å²) in [6, 6.07) is 1.92. The number of amides is 1. The van der Waals surface area contributed by atoms with E-state index in [1.54, 1.807) is 12.4 Å². The van der Waals surface area contributed by atoms with Crippen molar-refractivity contribution in [3.63, 3.8) is 0 Å². The van der Waals surface area contributed by atoms with Crippen LogP contribution < -0.4 is 4.90 Å². The summed E-state index contributed by atoms with van der Waals surface area (Å²) in [6.45, 7) is 5.13. The zero-order valence-electron chi connectivity index (χ0n) is 12.7. The molecule has 120 valence electrons. The van der Waals surface area contributed by atoms with Gasteiger partial charge in [0.05, 0.1) is 17.3 Å². The lowest BCUT2D eigenvalue weighted by atomic mass is 10.2. The molecule has 1 aromatic rings. The number of carbonyl (C=O) groups excluding carboxylic acids is 1. The highest BCUT2D eigenvalue weighted by Crippen LogP contribution is 2.25. The van der Waals surface area contributed by atoms with Crippen molar-refractivity contribution in [1.82, 2.24) is 14.8 Å². The van der Waals surface area contributed by atoms with Gasteiger partial charge >= 0.3 is 0 Å². The van der Waals surface area contributed by atoms with E-state index in [4.69, 9.17) is 16.3 Å². The maximum absolute atomic E-state index is 12.5. The molecule has 0 saturated carbocycles. The van der Waals surface area contributed by atoms with Gasteiger partial charge in [0, 0.05) is 51.7 Å². The minimum absolute atomic E-state index is 0.104. The summed E-state index contributed by atoms with van der Waals surface area (Å²) in [5, 5.41) is 0.652. The lowest BCUT2D eigenvalue weighted by Gasteiger charge is -2.39. The van der Waals surface area contributed by atoms with Gasteiger partial charge in [-0.05, 0) is 13.1 Å². The van der Waals surface area contributed by atoms with Gasteiger partial charge in [-0.2, -0.15) is 0 Å². The molecule has 2 fully saturated rings. The van der Waals surface area contributed by atoms with Crippen LogP contribution in [0.3, 0.4) is 0 Å². The molecule has 0 radical (unpaired) electrons. The molecule has 2 aliphatic heterocycles. The number of hydrogen-bond donors (Lipinski definition) is 0. The monoisotopic (exact) mass is 324 g/mol. The Kier molecular flexibility index (Phi) is 4.81. The highest BCUT2D eigenvalue weighted by Gasteiger charge is 2.31. The molecule has 22 heavy (non-hydrogen) atoms. The van der Waals surface area contributed by atoms with Crippen molar-refractivity contribution in [2.45, 2.75) is 6.10 Å². The summed E-state index contributed by atoms with van der Waals surface area (Å²) < 4.78 is 5.62. The number of aromatic nitrogens is 1. The first-order valence-electron chi connectivity index (χ1n) is 7.58. The van der Waals surface area contributed by atoms with Crippen molar-refractivity contribution in [3.8, 4) is 0 Å². The Bertz CT molecular complexity index is 534. The van der Waals surface area contributed by atoms with Gasteiger partial charge in [0.1, 0.15) is 6.10 Å². The van der Waals surface area contributed by atoms with Gasteiger partial charge in [-0.15, -0.1) is 0 Å². The van der Waals surface area contributed by atoms with E-state index >= 15 is 0 Å². The van der Waals surface area contributed by atoms with Crippen molar-refractivity contribution < 1.29 is 9.53 Å². The minimum atomic E-state index is -0.324. The second-order valence-electron chi connectivity index (χ2n) is 5.76. The molecule has 0 N–H and O–H groups in total. The Morgan fingerprint density at radius 3 is 2.77 bits per heavy atom. The summed E-state index contributed by atoms with van der Waals surface area (Å²) in [6.07, 6.45) is 3.07. The summed E-state index contributed by atoms with van der Waals surface area (Å²) in [7, 11) is 2.02. The first-order chi connectivity index (χ1) is 10.6. The van der Waals surface area contributed by atoms with Crippen LogP contribution in [0.5, 0.6) is 0 Å². The van der Waals surface area contributed by atoms with Gasteiger partial charge in [0.25, 0.3) is 5.91 Å². The van der Waals surface area contributed by atoms with E-state index in [0.717, 1.165) is 25.3 Å². The molecule has 0 spiro atoms. The van der Waals surface area contributed by atoms with Crippen LogP contribution >= 0.6 is 11.6 Å². The van der Waals surface area contributed by atoms with Crippen LogP contribution in [0.1, 0.15) is 0 Å². The normalized spacial score (nSPS) is 23.6. The Balaban J connectivity index is 1.57. The summed E-state index contributed by atoms with van der Waals surface area (Å²) in [5.41, 5.74) is 0.984. The molecule has 0 aromatic carbocycles. The number of piperazine rings is 1. The van der Waals surface area contributed by atoms with Gasteiger partial charge in [0.15, 0.2) is 0 Å². The van der Waals surface area contributed by atoms with E-state index in [-0.39, 0.29) is 12.0 Å². The van der Waals surface area contributed by atoms with Crippen LogP contribution in [0.25, 0.3) is 0 Å². The predicted octanol–water partition coefficient (Wildman–Crippen LogP) is 0.714. The van der Waals surface area contributed by atoms with Gasteiger partial charge < -0.3 is 19.4 Å². The van der Waals surface area contributed by atoms with Crippen LogP contribution in [0.4, 0.5) is 5.69 Å². The molecule has 1 amide bonds. The van der Waals surface area contributed by atoms with Crippen molar-refractivity contribution in [2.75, 3.05) is 57.8 Å². The van der Waals surface area contributed by atoms with Gasteiger partial charge in [0.2, 0.25) is 0 Å². The molecule has 3 rings (SSSR count). The third-order valence-electron chi connectivity index (χ3n) is 4.23. The molecule has 0 aliphatic carbocycles. The number of ether oxygens (including phenoxy) is 1. The first kappa shape index (κ1) is 15.5. The number of halogens is 1. The molecule has 3 heterocycles. The van der Waals surface area contributed by atoms with E-state index < -0.39 is 0 Å². The first-order valence-corrected chi connectivity index (χ1v) is 7.96. The number of rotatable bonds is 2. The third kappa shape index (κ3) is 3.34. The summed E-state index contributed by atoms with van der Waals surface area (Å²) >= 11 is 6.18. The largest absolute Gasteiger partial charge is 0.367 e. The fraction of sp³-hybridized carbons (Fsp3) is 0.600. The van der Waals surface area contributed by atoms with Crippen LogP contribution in [-0.4, -0.2) is 79.7 Å².